The first-order chi connectivity index (χ1) is 9.74. The zero-order valence-electron chi connectivity index (χ0n) is 11.3. The van der Waals surface area contributed by atoms with Crippen LogP contribution in [0.15, 0.2) is 41.2 Å². The van der Waals surface area contributed by atoms with E-state index in [0.29, 0.717) is 18.2 Å². The van der Waals surface area contributed by atoms with Crippen LogP contribution in [0, 0.1) is 0 Å². The van der Waals surface area contributed by atoms with Crippen molar-refractivity contribution in [2.24, 2.45) is 0 Å². The van der Waals surface area contributed by atoms with E-state index in [2.05, 4.69) is 9.88 Å². The molecular weight excluding hydrogens is 252 g/mol. The Kier molecular flexibility index (Phi) is 3.41. The first-order valence-corrected chi connectivity index (χ1v) is 6.90. The van der Waals surface area contributed by atoms with Gasteiger partial charge in [-0.3, -0.25) is 4.57 Å². The van der Waals surface area contributed by atoms with Gasteiger partial charge >= 0.3 is 5.69 Å². The maximum atomic E-state index is 12.2. The van der Waals surface area contributed by atoms with Crippen molar-refractivity contribution in [2.75, 3.05) is 23.7 Å². The minimum atomic E-state index is -0.282. The molecule has 3 rings (SSSR count). The van der Waals surface area contributed by atoms with Crippen LogP contribution in [0.3, 0.4) is 0 Å². The van der Waals surface area contributed by atoms with E-state index in [1.54, 1.807) is 6.07 Å². The second kappa shape index (κ2) is 5.36. The van der Waals surface area contributed by atoms with Crippen molar-refractivity contribution in [3.63, 3.8) is 0 Å². The Morgan fingerprint density at radius 1 is 1.15 bits per heavy atom. The summed E-state index contributed by atoms with van der Waals surface area (Å²) in [5.41, 5.74) is 6.79. The molecule has 0 bridgehead atoms. The molecule has 20 heavy (non-hydrogen) atoms. The molecule has 0 spiro atoms. The lowest BCUT2D eigenvalue weighted by Gasteiger charge is -2.18. The van der Waals surface area contributed by atoms with Crippen molar-refractivity contribution in [3.05, 3.63) is 52.4 Å². The summed E-state index contributed by atoms with van der Waals surface area (Å²) in [4.78, 5) is 18.4. The van der Waals surface area contributed by atoms with Gasteiger partial charge in [0.2, 0.25) is 0 Å². The fraction of sp³-hybridized carbons (Fsp3) is 0.333. The summed E-state index contributed by atoms with van der Waals surface area (Å²) in [7, 11) is 0. The van der Waals surface area contributed by atoms with Crippen LogP contribution in [-0.2, 0) is 6.54 Å². The fourth-order valence-corrected chi connectivity index (χ4v) is 2.54. The summed E-state index contributed by atoms with van der Waals surface area (Å²) >= 11 is 0. The smallest absolute Gasteiger partial charge is 0.351 e. The van der Waals surface area contributed by atoms with Gasteiger partial charge in [-0.05, 0) is 18.4 Å². The molecule has 0 unspecified atom stereocenters. The molecule has 1 aliphatic rings. The average Bonchev–Trinajstić information content (AvgIpc) is 2.98. The molecule has 0 radical (unpaired) electrons. The standard InChI is InChI=1S/C15H18N4O/c16-13-10-14(18-8-4-5-9-18)17-15(20)19(13)11-12-6-2-1-3-7-12/h1-3,6-7,10H,4-5,8-9,11,16H2. The third kappa shape index (κ3) is 2.52. The Morgan fingerprint density at radius 3 is 2.50 bits per heavy atom. The zero-order valence-corrected chi connectivity index (χ0v) is 11.3. The maximum absolute atomic E-state index is 12.2. The summed E-state index contributed by atoms with van der Waals surface area (Å²) in [5, 5.41) is 0. The Hall–Kier alpha value is -2.30. The fourth-order valence-electron chi connectivity index (χ4n) is 2.54. The molecule has 1 aliphatic heterocycles. The van der Waals surface area contributed by atoms with Crippen molar-refractivity contribution in [3.8, 4) is 0 Å². The van der Waals surface area contributed by atoms with Gasteiger partial charge < -0.3 is 10.6 Å². The first-order valence-electron chi connectivity index (χ1n) is 6.90. The average molecular weight is 270 g/mol. The number of hydrogen-bond acceptors (Lipinski definition) is 4. The molecule has 0 amide bonds. The Balaban J connectivity index is 1.90. The maximum Gasteiger partial charge on any atom is 0.351 e. The zero-order chi connectivity index (χ0) is 13.9. The number of aromatic nitrogens is 2. The molecule has 1 saturated heterocycles. The van der Waals surface area contributed by atoms with Crippen LogP contribution in [0.5, 0.6) is 0 Å². The lowest BCUT2D eigenvalue weighted by Crippen LogP contribution is -2.30. The van der Waals surface area contributed by atoms with Gasteiger partial charge in [0.25, 0.3) is 0 Å². The molecule has 0 atom stereocenters. The largest absolute Gasteiger partial charge is 0.385 e. The van der Waals surface area contributed by atoms with E-state index in [-0.39, 0.29) is 5.69 Å². The molecule has 5 nitrogen and oxygen atoms in total. The van der Waals surface area contributed by atoms with Crippen LogP contribution in [0.25, 0.3) is 0 Å². The Morgan fingerprint density at radius 2 is 1.85 bits per heavy atom. The van der Waals surface area contributed by atoms with Crippen LogP contribution in [0.2, 0.25) is 0 Å². The second-order valence-electron chi connectivity index (χ2n) is 5.09. The first kappa shape index (κ1) is 12.7. The number of benzene rings is 1. The van der Waals surface area contributed by atoms with E-state index in [1.807, 2.05) is 30.3 Å². The highest BCUT2D eigenvalue weighted by Gasteiger charge is 2.16. The van der Waals surface area contributed by atoms with E-state index >= 15 is 0 Å². The monoisotopic (exact) mass is 270 g/mol. The molecular formula is C15H18N4O. The van der Waals surface area contributed by atoms with Gasteiger partial charge in [-0.2, -0.15) is 4.98 Å². The predicted octanol–water partition coefficient (Wildman–Crippen LogP) is 1.47. The van der Waals surface area contributed by atoms with Crippen molar-refractivity contribution in [2.45, 2.75) is 19.4 Å². The summed E-state index contributed by atoms with van der Waals surface area (Å²) in [6.07, 6.45) is 2.30. The molecule has 0 saturated carbocycles. The quantitative estimate of drug-likeness (QED) is 0.917. The van der Waals surface area contributed by atoms with Crippen molar-refractivity contribution >= 4 is 11.6 Å². The van der Waals surface area contributed by atoms with E-state index in [9.17, 15) is 4.79 Å². The lowest BCUT2D eigenvalue weighted by atomic mass is 10.2. The molecule has 1 fully saturated rings. The van der Waals surface area contributed by atoms with Gasteiger partial charge in [0.15, 0.2) is 0 Å². The molecule has 2 aromatic rings. The van der Waals surface area contributed by atoms with Gasteiger partial charge in [0, 0.05) is 19.2 Å². The number of nitrogens with zero attached hydrogens (tertiary/aromatic N) is 3. The van der Waals surface area contributed by atoms with Crippen molar-refractivity contribution in [1.29, 1.82) is 0 Å². The highest BCUT2D eigenvalue weighted by molar-refractivity contribution is 5.47. The minimum absolute atomic E-state index is 0.282. The summed E-state index contributed by atoms with van der Waals surface area (Å²) < 4.78 is 1.51. The Bertz CT molecular complexity index is 645. The van der Waals surface area contributed by atoms with E-state index < -0.39 is 0 Å². The molecule has 1 aromatic heterocycles. The SMILES string of the molecule is Nc1cc(N2CCCC2)nc(=O)n1Cc1ccccc1. The van der Waals surface area contributed by atoms with E-state index in [4.69, 9.17) is 5.73 Å². The van der Waals surface area contributed by atoms with Crippen molar-refractivity contribution in [1.82, 2.24) is 9.55 Å². The third-order valence-corrected chi connectivity index (χ3v) is 3.64. The highest BCUT2D eigenvalue weighted by atomic mass is 16.1. The van der Waals surface area contributed by atoms with Crippen LogP contribution in [0.1, 0.15) is 18.4 Å². The van der Waals surface area contributed by atoms with Crippen molar-refractivity contribution < 1.29 is 0 Å². The van der Waals surface area contributed by atoms with Crippen LogP contribution < -0.4 is 16.3 Å². The molecule has 104 valence electrons. The van der Waals surface area contributed by atoms with E-state index in [1.165, 1.54) is 4.57 Å². The molecule has 1 aromatic carbocycles. The molecule has 2 heterocycles. The summed E-state index contributed by atoms with van der Waals surface area (Å²) in [5.74, 6) is 1.17. The Labute approximate surface area is 117 Å². The summed E-state index contributed by atoms with van der Waals surface area (Å²) in [6.45, 7) is 2.36. The van der Waals surface area contributed by atoms with Gasteiger partial charge in [-0.15, -0.1) is 0 Å². The van der Waals surface area contributed by atoms with Gasteiger partial charge in [-0.1, -0.05) is 30.3 Å². The number of anilines is 2. The predicted molar refractivity (Wildman–Crippen MR) is 79.9 cm³/mol. The highest BCUT2D eigenvalue weighted by Crippen LogP contribution is 2.18. The number of rotatable bonds is 3. The molecule has 0 aliphatic carbocycles. The molecule has 5 heteroatoms. The molecule has 2 N–H and O–H groups in total. The third-order valence-electron chi connectivity index (χ3n) is 3.64. The van der Waals surface area contributed by atoms with Gasteiger partial charge in [0.1, 0.15) is 11.6 Å². The van der Waals surface area contributed by atoms with Crippen LogP contribution >= 0.6 is 0 Å². The van der Waals surface area contributed by atoms with Gasteiger partial charge in [0.05, 0.1) is 6.54 Å². The lowest BCUT2D eigenvalue weighted by molar-refractivity contribution is 0.733. The minimum Gasteiger partial charge on any atom is -0.385 e. The second-order valence-corrected chi connectivity index (χ2v) is 5.09. The number of nitrogen functional groups attached to an aromatic ring is 1. The summed E-state index contributed by atoms with van der Waals surface area (Å²) in [6, 6.07) is 11.6. The normalized spacial score (nSPS) is 14.7. The van der Waals surface area contributed by atoms with Crippen LogP contribution in [-0.4, -0.2) is 22.6 Å². The van der Waals surface area contributed by atoms with E-state index in [0.717, 1.165) is 31.5 Å². The topological polar surface area (TPSA) is 64.2 Å². The van der Waals surface area contributed by atoms with Crippen LogP contribution in [0.4, 0.5) is 11.6 Å². The van der Waals surface area contributed by atoms with Gasteiger partial charge in [-0.25, -0.2) is 4.79 Å². The number of hydrogen-bond donors (Lipinski definition) is 1. The number of nitrogens with two attached hydrogens (primary N) is 1.